The molecule has 9 nitrogen and oxygen atoms in total. The van der Waals surface area contributed by atoms with Crippen LogP contribution in [0.2, 0.25) is 0 Å². The lowest BCUT2D eigenvalue weighted by Crippen LogP contribution is -2.55. The smallest absolute Gasteiger partial charge is 0.317 e. The van der Waals surface area contributed by atoms with E-state index in [0.717, 1.165) is 53.3 Å². The molecule has 2 aromatic rings. The summed E-state index contributed by atoms with van der Waals surface area (Å²) in [5, 5.41) is 53.8. The van der Waals surface area contributed by atoms with E-state index < -0.39 is 37.1 Å². The van der Waals surface area contributed by atoms with Gasteiger partial charge in [0.15, 0.2) is 0 Å². The normalized spacial score (nSPS) is 26.2. The summed E-state index contributed by atoms with van der Waals surface area (Å²) in [4.78, 5) is 14.1. The minimum absolute atomic E-state index is 0.00469. The molecule has 4 rings (SSSR count). The molecular formula is C27H36N2O7S. The van der Waals surface area contributed by atoms with Gasteiger partial charge in [-0.2, -0.15) is 11.8 Å². The third-order valence-corrected chi connectivity index (χ3v) is 8.03. The highest BCUT2D eigenvalue weighted by atomic mass is 32.2. The van der Waals surface area contributed by atoms with Crippen LogP contribution in [0.15, 0.2) is 36.4 Å². The molecule has 2 aliphatic rings. The molecule has 2 aromatic carbocycles. The maximum atomic E-state index is 12.3. The van der Waals surface area contributed by atoms with Crippen molar-refractivity contribution in [1.82, 2.24) is 10.2 Å². The first kappa shape index (κ1) is 27.7. The minimum atomic E-state index is -1.52. The average Bonchev–Trinajstić information content (AvgIpc) is 2.91. The number of ether oxygens (including phenoxy) is 1. The number of hydrogen-bond donors (Lipinski definition) is 6. The molecule has 6 N–H and O–H groups in total. The number of amides is 2. The highest BCUT2D eigenvalue weighted by molar-refractivity contribution is 7.99. The number of thioether (sulfide) groups is 1. The second-order valence-electron chi connectivity index (χ2n) is 9.66. The quantitative estimate of drug-likeness (QED) is 0.311. The lowest BCUT2D eigenvalue weighted by atomic mass is 9.88. The number of carbonyl (C=O) groups is 1. The van der Waals surface area contributed by atoms with Crippen molar-refractivity contribution >= 4 is 17.8 Å². The second-order valence-corrected chi connectivity index (χ2v) is 10.9. The number of benzene rings is 2. The molecule has 2 amide bonds. The summed E-state index contributed by atoms with van der Waals surface area (Å²) in [5.74, 6) is 1.88. The summed E-state index contributed by atoms with van der Waals surface area (Å²) in [6.07, 6.45) is -5.29. The van der Waals surface area contributed by atoms with Crippen LogP contribution in [0, 0.1) is 6.92 Å². The van der Waals surface area contributed by atoms with Crippen molar-refractivity contribution in [2.24, 2.45) is 0 Å². The Hall–Kier alpha value is -2.34. The number of aromatic hydroxyl groups is 1. The summed E-state index contributed by atoms with van der Waals surface area (Å²) >= 11 is 1.87. The first-order valence-corrected chi connectivity index (χ1v) is 13.7. The number of aliphatic hydroxyl groups excluding tert-OH is 4. The number of rotatable bonds is 7. The van der Waals surface area contributed by atoms with E-state index in [-0.39, 0.29) is 17.3 Å². The van der Waals surface area contributed by atoms with E-state index in [2.05, 4.69) is 5.32 Å². The molecule has 0 unspecified atom stereocenters. The van der Waals surface area contributed by atoms with Crippen molar-refractivity contribution in [2.75, 3.05) is 37.7 Å². The number of phenols is 1. The highest BCUT2D eigenvalue weighted by Crippen LogP contribution is 2.38. The molecule has 0 radical (unpaired) electrons. The fourth-order valence-electron chi connectivity index (χ4n) is 4.77. The van der Waals surface area contributed by atoms with Crippen LogP contribution in [0.1, 0.15) is 33.9 Å². The van der Waals surface area contributed by atoms with Crippen LogP contribution in [0.3, 0.4) is 0 Å². The van der Waals surface area contributed by atoms with Crippen molar-refractivity contribution < 1.29 is 35.1 Å². The van der Waals surface area contributed by atoms with E-state index in [0.29, 0.717) is 13.0 Å². The molecule has 5 atom stereocenters. The van der Waals surface area contributed by atoms with E-state index in [1.165, 1.54) is 0 Å². The molecule has 2 fully saturated rings. The van der Waals surface area contributed by atoms with Gasteiger partial charge in [-0.25, -0.2) is 4.79 Å². The molecule has 0 bridgehead atoms. The van der Waals surface area contributed by atoms with Crippen LogP contribution < -0.4 is 5.32 Å². The second kappa shape index (κ2) is 12.5. The Kier molecular flexibility index (Phi) is 9.33. The number of nitrogens with zero attached hydrogens (tertiary/aromatic N) is 1. The average molecular weight is 533 g/mol. The van der Waals surface area contributed by atoms with Crippen LogP contribution >= 0.6 is 11.8 Å². The van der Waals surface area contributed by atoms with Crippen molar-refractivity contribution in [3.8, 4) is 5.75 Å². The molecule has 2 heterocycles. The lowest BCUT2D eigenvalue weighted by Gasteiger charge is -2.40. The monoisotopic (exact) mass is 532 g/mol. The Morgan fingerprint density at radius 1 is 1.05 bits per heavy atom. The SMILES string of the molecule is Cc1cc(O)c([C@@H]2O[C@H](CO)[C@@H](O)[C@H](O)[C@H]2O)cc1Cc1ccc(CCNC(=O)N2CCSCC2)cc1. The van der Waals surface area contributed by atoms with Gasteiger partial charge in [-0.15, -0.1) is 0 Å². The third kappa shape index (κ3) is 6.57. The molecule has 0 spiro atoms. The fourth-order valence-corrected chi connectivity index (χ4v) is 5.67. The summed E-state index contributed by atoms with van der Waals surface area (Å²) < 4.78 is 5.65. The number of phenolic OH excluding ortho intramolecular Hbond substituents is 1. The van der Waals surface area contributed by atoms with Gasteiger partial charge in [-0.3, -0.25) is 0 Å². The van der Waals surface area contributed by atoms with E-state index in [9.17, 15) is 30.3 Å². The fraction of sp³-hybridized carbons (Fsp3) is 0.519. The Labute approximate surface area is 221 Å². The van der Waals surface area contributed by atoms with Crippen LogP contribution in [0.5, 0.6) is 5.75 Å². The molecular weight excluding hydrogens is 496 g/mol. The standard InChI is InChI=1S/C27H36N2O7S/c1-16-12-21(31)20(26-25(34)24(33)23(32)22(15-30)36-26)14-19(16)13-18-4-2-17(3-5-18)6-7-28-27(35)29-8-10-37-11-9-29/h2-5,12,14,22-26,30-34H,6-11,13,15H2,1H3,(H,28,35)/t22-,23-,24+,25-,26+/m1/s1. The van der Waals surface area contributed by atoms with Crippen molar-refractivity contribution in [3.05, 3.63) is 64.2 Å². The van der Waals surface area contributed by atoms with Gasteiger partial charge in [0.2, 0.25) is 0 Å². The zero-order valence-electron chi connectivity index (χ0n) is 20.9. The first-order valence-electron chi connectivity index (χ1n) is 12.6. The number of aliphatic hydroxyl groups is 4. The summed E-state index contributed by atoms with van der Waals surface area (Å²) in [6, 6.07) is 11.4. The summed E-state index contributed by atoms with van der Waals surface area (Å²) in [7, 11) is 0. The highest BCUT2D eigenvalue weighted by Gasteiger charge is 2.44. The molecule has 10 heteroatoms. The zero-order valence-corrected chi connectivity index (χ0v) is 21.7. The Bertz CT molecular complexity index is 1060. The Balaban J connectivity index is 1.39. The van der Waals surface area contributed by atoms with E-state index in [4.69, 9.17) is 4.74 Å². The number of carbonyl (C=O) groups excluding carboxylic acids is 1. The van der Waals surface area contributed by atoms with Gasteiger partial charge in [0, 0.05) is 36.7 Å². The zero-order chi connectivity index (χ0) is 26.5. The number of hydrogen-bond acceptors (Lipinski definition) is 8. The van der Waals surface area contributed by atoms with Crippen LogP contribution in [0.25, 0.3) is 0 Å². The maximum Gasteiger partial charge on any atom is 0.317 e. The predicted molar refractivity (Wildman–Crippen MR) is 141 cm³/mol. The summed E-state index contributed by atoms with van der Waals surface area (Å²) in [6.45, 7) is 3.50. The van der Waals surface area contributed by atoms with E-state index in [1.807, 2.05) is 47.9 Å². The Morgan fingerprint density at radius 3 is 2.41 bits per heavy atom. The van der Waals surface area contributed by atoms with Gasteiger partial charge in [0.25, 0.3) is 0 Å². The summed E-state index contributed by atoms with van der Waals surface area (Å²) in [5.41, 5.74) is 4.21. The van der Waals surface area contributed by atoms with E-state index in [1.54, 1.807) is 12.1 Å². The van der Waals surface area contributed by atoms with Gasteiger partial charge < -0.3 is 40.5 Å². The molecule has 2 saturated heterocycles. The number of urea groups is 1. The van der Waals surface area contributed by atoms with E-state index >= 15 is 0 Å². The topological polar surface area (TPSA) is 143 Å². The molecule has 0 aliphatic carbocycles. The van der Waals surface area contributed by atoms with Gasteiger partial charge in [0.05, 0.1) is 6.61 Å². The van der Waals surface area contributed by atoms with Gasteiger partial charge in [-0.05, 0) is 54.2 Å². The Morgan fingerprint density at radius 2 is 1.73 bits per heavy atom. The van der Waals surface area contributed by atoms with Crippen LogP contribution in [-0.4, -0.2) is 98.6 Å². The van der Waals surface area contributed by atoms with Gasteiger partial charge in [0.1, 0.15) is 36.3 Å². The van der Waals surface area contributed by atoms with Crippen molar-refractivity contribution in [2.45, 2.75) is 50.3 Å². The first-order chi connectivity index (χ1) is 17.8. The lowest BCUT2D eigenvalue weighted by molar-refractivity contribution is -0.232. The largest absolute Gasteiger partial charge is 0.508 e. The number of aryl methyl sites for hydroxylation is 1. The minimum Gasteiger partial charge on any atom is -0.508 e. The predicted octanol–water partition coefficient (Wildman–Crippen LogP) is 1.11. The molecule has 0 aromatic heterocycles. The van der Waals surface area contributed by atoms with Crippen LogP contribution in [-0.2, 0) is 17.6 Å². The van der Waals surface area contributed by atoms with Gasteiger partial charge in [-0.1, -0.05) is 24.3 Å². The number of nitrogens with one attached hydrogen (secondary N) is 1. The van der Waals surface area contributed by atoms with Crippen LogP contribution in [0.4, 0.5) is 4.79 Å². The van der Waals surface area contributed by atoms with Crippen molar-refractivity contribution in [1.29, 1.82) is 0 Å². The maximum absolute atomic E-state index is 12.3. The molecule has 2 aliphatic heterocycles. The third-order valence-electron chi connectivity index (χ3n) is 7.09. The molecule has 202 valence electrons. The molecule has 37 heavy (non-hydrogen) atoms. The van der Waals surface area contributed by atoms with Crippen molar-refractivity contribution in [3.63, 3.8) is 0 Å². The van der Waals surface area contributed by atoms with Gasteiger partial charge >= 0.3 is 6.03 Å². The molecule has 0 saturated carbocycles.